The number of alkyl halides is 6. The van der Waals surface area contributed by atoms with Gasteiger partial charge in [-0.05, 0) is 129 Å². The molecule has 0 atom stereocenters. The fourth-order valence-electron chi connectivity index (χ4n) is 7.15. The van der Waals surface area contributed by atoms with Gasteiger partial charge in [0.05, 0.1) is 42.0 Å². The van der Waals surface area contributed by atoms with Crippen molar-refractivity contribution in [3.63, 3.8) is 0 Å². The van der Waals surface area contributed by atoms with Crippen LogP contribution in [0.4, 0.5) is 32.0 Å². The van der Waals surface area contributed by atoms with E-state index in [1.165, 1.54) is 0 Å². The van der Waals surface area contributed by atoms with Crippen molar-refractivity contribution in [2.45, 2.75) is 26.2 Å². The van der Waals surface area contributed by atoms with Crippen LogP contribution in [0.2, 0.25) is 0 Å². The third kappa shape index (κ3) is 6.66. The summed E-state index contributed by atoms with van der Waals surface area (Å²) in [6.07, 6.45) is -9.03. The molecular weight excluding hydrogens is 723 g/mol. The highest BCUT2D eigenvalue weighted by Crippen LogP contribution is 2.51. The molecule has 10 heteroatoms. The van der Waals surface area contributed by atoms with E-state index in [1.807, 2.05) is 6.07 Å². The molecule has 0 aromatic heterocycles. The number of halogens is 6. The van der Waals surface area contributed by atoms with E-state index < -0.39 is 23.5 Å². The fourth-order valence-corrected chi connectivity index (χ4v) is 7.15. The topological polar surface area (TPSA) is 56.3 Å². The summed E-state index contributed by atoms with van der Waals surface area (Å²) in [7, 11) is 0. The summed E-state index contributed by atoms with van der Waals surface area (Å²) in [6, 6.07) is 32.1. The van der Waals surface area contributed by atoms with Crippen LogP contribution in [0.5, 0.6) is 0 Å². The monoisotopic (exact) mass is 746 g/mol. The minimum Gasteiger partial charge on any atom is -0.237 e. The van der Waals surface area contributed by atoms with Gasteiger partial charge in [0.2, 0.25) is 0 Å². The first-order valence-corrected chi connectivity index (χ1v) is 16.9. The van der Waals surface area contributed by atoms with E-state index >= 15 is 0 Å². The zero-order chi connectivity index (χ0) is 40.1. The van der Waals surface area contributed by atoms with Gasteiger partial charge < -0.3 is 0 Å². The van der Waals surface area contributed by atoms with Crippen LogP contribution in [0.3, 0.4) is 0 Å². The van der Waals surface area contributed by atoms with Crippen molar-refractivity contribution in [1.82, 2.24) is 0 Å². The standard InChI is InChI=1S/C46H24F6N4/c1-25-13-31(17-34(15-25)45(47,48)49)27-5-9-29(10-6-27)36-20-38-39-21-37(30-11-7-28(8-12-30)32-14-26(2)16-35(18-32)46(50,51)52)42(55-3)22-41(39)44(43(24-54)56-4)40(38)19-33(36)23-53/h5-22H,1-2H3/b44-43-. The summed E-state index contributed by atoms with van der Waals surface area (Å²) in [5.74, 6) is 0. The summed E-state index contributed by atoms with van der Waals surface area (Å²) in [5, 5.41) is 20.3. The SMILES string of the molecule is [C-]#[N+]/C(C#N)=C1/c2cc(C#N)c(-c3ccc(-c4cc(C)cc(C(F)(F)F)c4)cc3)cc2-c2cc(-c3ccc(-c4cc(C)cc(C(F)(F)F)c4)cc3)c([N+]#[C-])cc21. The number of fused-ring (bicyclic) bond motifs is 3. The summed E-state index contributed by atoms with van der Waals surface area (Å²) in [6.45, 7) is 19.0. The average molecular weight is 747 g/mol. The number of allylic oxidation sites excluding steroid dienone is 1. The molecule has 6 aromatic carbocycles. The molecule has 0 saturated heterocycles. The smallest absolute Gasteiger partial charge is 0.237 e. The van der Waals surface area contributed by atoms with Crippen LogP contribution < -0.4 is 0 Å². The van der Waals surface area contributed by atoms with Crippen LogP contribution in [-0.4, -0.2) is 0 Å². The quantitative estimate of drug-likeness (QED) is 0.102. The summed E-state index contributed by atoms with van der Waals surface area (Å²) in [4.78, 5) is 7.20. The number of aryl methyl sites for hydroxylation is 2. The van der Waals surface area contributed by atoms with Crippen LogP contribution in [0.25, 0.3) is 70.9 Å². The molecule has 0 amide bonds. The minimum absolute atomic E-state index is 0.208. The Morgan fingerprint density at radius 1 is 0.518 bits per heavy atom. The van der Waals surface area contributed by atoms with Crippen molar-refractivity contribution in [3.8, 4) is 67.8 Å². The van der Waals surface area contributed by atoms with Crippen LogP contribution in [0.15, 0.2) is 115 Å². The van der Waals surface area contributed by atoms with E-state index in [0.717, 1.165) is 24.3 Å². The van der Waals surface area contributed by atoms with E-state index in [1.54, 1.807) is 98.8 Å². The molecule has 6 aromatic rings. The van der Waals surface area contributed by atoms with E-state index in [9.17, 15) is 36.9 Å². The number of nitriles is 2. The van der Waals surface area contributed by atoms with Crippen molar-refractivity contribution in [3.05, 3.63) is 177 Å². The van der Waals surface area contributed by atoms with E-state index in [2.05, 4.69) is 15.8 Å². The average Bonchev–Trinajstić information content (AvgIpc) is 3.48. The van der Waals surface area contributed by atoms with Gasteiger partial charge in [-0.25, -0.2) is 15.0 Å². The van der Waals surface area contributed by atoms with Crippen LogP contribution in [0.1, 0.15) is 38.9 Å². The van der Waals surface area contributed by atoms with Crippen LogP contribution >= 0.6 is 0 Å². The van der Waals surface area contributed by atoms with E-state index in [0.29, 0.717) is 77.9 Å². The Hall–Kier alpha value is -7.40. The molecule has 270 valence electrons. The molecule has 7 rings (SSSR count). The Morgan fingerprint density at radius 3 is 1.39 bits per heavy atom. The van der Waals surface area contributed by atoms with Gasteiger partial charge in [0.15, 0.2) is 5.69 Å². The summed E-state index contributed by atoms with van der Waals surface area (Å²) >= 11 is 0. The van der Waals surface area contributed by atoms with Gasteiger partial charge in [0.1, 0.15) is 0 Å². The van der Waals surface area contributed by atoms with Gasteiger partial charge in [-0.15, -0.1) is 0 Å². The van der Waals surface area contributed by atoms with Gasteiger partial charge >= 0.3 is 12.4 Å². The molecule has 0 aliphatic heterocycles. The second-order valence-corrected chi connectivity index (χ2v) is 13.4. The molecule has 0 saturated carbocycles. The van der Waals surface area contributed by atoms with E-state index in [-0.39, 0.29) is 22.5 Å². The summed E-state index contributed by atoms with van der Waals surface area (Å²) < 4.78 is 81.3. The molecule has 56 heavy (non-hydrogen) atoms. The Balaban J connectivity index is 1.35. The van der Waals surface area contributed by atoms with E-state index in [4.69, 9.17) is 13.1 Å². The number of benzene rings is 6. The predicted octanol–water partition coefficient (Wildman–Crippen LogP) is 13.6. The highest BCUT2D eigenvalue weighted by molar-refractivity contribution is 6.07. The molecule has 0 bridgehead atoms. The maximum Gasteiger partial charge on any atom is 0.416 e. The second-order valence-electron chi connectivity index (χ2n) is 13.4. The number of rotatable bonds is 4. The lowest BCUT2D eigenvalue weighted by Crippen LogP contribution is -2.05. The molecule has 0 spiro atoms. The normalized spacial score (nSPS) is 12.8. The second kappa shape index (κ2) is 13.8. The lowest BCUT2D eigenvalue weighted by Gasteiger charge is -2.13. The van der Waals surface area contributed by atoms with Crippen LogP contribution in [0, 0.1) is 49.7 Å². The molecule has 0 radical (unpaired) electrons. The summed E-state index contributed by atoms with van der Waals surface area (Å²) in [5.41, 5.74) is 6.00. The zero-order valence-corrected chi connectivity index (χ0v) is 29.4. The predicted molar refractivity (Wildman–Crippen MR) is 202 cm³/mol. The Labute approximate surface area is 318 Å². The van der Waals surface area contributed by atoms with Crippen molar-refractivity contribution >= 4 is 11.3 Å². The molecule has 1 aliphatic carbocycles. The van der Waals surface area contributed by atoms with Gasteiger partial charge in [-0.2, -0.15) is 31.6 Å². The zero-order valence-electron chi connectivity index (χ0n) is 29.4. The van der Waals surface area contributed by atoms with Gasteiger partial charge in [0, 0.05) is 11.1 Å². The first kappa shape index (κ1) is 36.9. The first-order chi connectivity index (χ1) is 26.6. The number of hydrogen-bond acceptors (Lipinski definition) is 2. The molecule has 1 aliphatic rings. The Kier molecular flexibility index (Phi) is 9.09. The number of hydrogen-bond donors (Lipinski definition) is 0. The largest absolute Gasteiger partial charge is 0.416 e. The third-order valence-corrected chi connectivity index (χ3v) is 9.69. The van der Waals surface area contributed by atoms with Gasteiger partial charge in [-0.3, -0.25) is 0 Å². The van der Waals surface area contributed by atoms with Crippen molar-refractivity contribution < 1.29 is 26.3 Å². The fraction of sp³-hybridized carbons (Fsp3) is 0.0870. The molecule has 4 nitrogen and oxygen atoms in total. The molecule has 0 heterocycles. The first-order valence-electron chi connectivity index (χ1n) is 16.9. The van der Waals surface area contributed by atoms with Crippen molar-refractivity contribution in [2.75, 3.05) is 0 Å². The minimum atomic E-state index is -4.51. The molecule has 0 N–H and O–H groups in total. The molecule has 0 fully saturated rings. The highest BCUT2D eigenvalue weighted by atomic mass is 19.4. The van der Waals surface area contributed by atoms with Gasteiger partial charge in [0.25, 0.3) is 5.70 Å². The van der Waals surface area contributed by atoms with Crippen molar-refractivity contribution in [1.29, 1.82) is 10.5 Å². The Morgan fingerprint density at radius 2 is 0.964 bits per heavy atom. The molecule has 0 unspecified atom stereocenters. The van der Waals surface area contributed by atoms with Gasteiger partial charge in [-0.1, -0.05) is 66.7 Å². The van der Waals surface area contributed by atoms with Crippen LogP contribution in [-0.2, 0) is 12.4 Å². The Bertz CT molecular complexity index is 2620. The lowest BCUT2D eigenvalue weighted by molar-refractivity contribution is -0.138. The maximum atomic E-state index is 13.6. The van der Waals surface area contributed by atoms with Crippen molar-refractivity contribution in [2.24, 2.45) is 0 Å². The molecular formula is C46H24F6N4. The number of nitrogens with zero attached hydrogens (tertiary/aromatic N) is 4. The highest BCUT2D eigenvalue weighted by Gasteiger charge is 2.33. The third-order valence-electron chi connectivity index (χ3n) is 9.69. The lowest BCUT2D eigenvalue weighted by atomic mass is 9.91. The maximum absolute atomic E-state index is 13.6.